The fourth-order valence-electron chi connectivity index (χ4n) is 5.25. The molecule has 0 unspecified atom stereocenters. The first-order chi connectivity index (χ1) is 15.8. The topological polar surface area (TPSA) is 42.7 Å². The maximum Gasteiger partial charge on any atom is 0.339 e. The van der Waals surface area contributed by atoms with E-state index in [9.17, 15) is 4.79 Å². The summed E-state index contributed by atoms with van der Waals surface area (Å²) in [5.74, 6) is 1.06. The zero-order valence-corrected chi connectivity index (χ0v) is 17.9. The Bertz CT molecular complexity index is 1290. The van der Waals surface area contributed by atoms with Crippen molar-refractivity contribution >= 4 is 11.0 Å². The van der Waals surface area contributed by atoms with Crippen molar-refractivity contribution in [2.24, 2.45) is 0 Å². The molecule has 2 heterocycles. The Morgan fingerprint density at radius 1 is 0.812 bits per heavy atom. The van der Waals surface area contributed by atoms with E-state index in [-0.39, 0.29) is 11.5 Å². The van der Waals surface area contributed by atoms with E-state index < -0.39 is 0 Å². The van der Waals surface area contributed by atoms with Crippen molar-refractivity contribution in [1.29, 1.82) is 0 Å². The van der Waals surface area contributed by atoms with Gasteiger partial charge >= 0.3 is 5.63 Å². The van der Waals surface area contributed by atoms with Gasteiger partial charge in [-0.15, -0.1) is 0 Å². The van der Waals surface area contributed by atoms with Crippen molar-refractivity contribution in [3.05, 3.63) is 111 Å². The van der Waals surface area contributed by atoms with E-state index in [2.05, 4.69) is 71.6 Å². The summed E-state index contributed by atoms with van der Waals surface area (Å²) in [6.07, 6.45) is 2.79. The van der Waals surface area contributed by atoms with Crippen LogP contribution in [0.25, 0.3) is 11.0 Å². The second-order valence-electron chi connectivity index (χ2n) is 8.78. The van der Waals surface area contributed by atoms with E-state index in [0.29, 0.717) is 18.9 Å². The van der Waals surface area contributed by atoms with Crippen LogP contribution in [-0.4, -0.2) is 18.2 Å². The molecule has 4 heteroatoms. The van der Waals surface area contributed by atoms with Crippen LogP contribution in [0, 0.1) is 0 Å². The predicted molar refractivity (Wildman–Crippen MR) is 125 cm³/mol. The molecule has 0 saturated heterocycles. The fraction of sp³-hybridized carbons (Fsp3) is 0.250. The summed E-state index contributed by atoms with van der Waals surface area (Å²) < 4.78 is 12.0. The molecule has 0 radical (unpaired) electrons. The van der Waals surface area contributed by atoms with E-state index in [1.165, 1.54) is 16.7 Å². The number of nitrogens with zero attached hydrogens (tertiary/aromatic N) is 1. The SMILES string of the molecule is O=c1oc2c3c(ccc2c2c1CCC2)OCN(CC(c1ccccc1)c1ccccc1)C3. The average molecular weight is 424 g/mol. The van der Waals surface area contributed by atoms with Crippen LogP contribution in [0.4, 0.5) is 0 Å². The Morgan fingerprint density at radius 2 is 1.50 bits per heavy atom. The van der Waals surface area contributed by atoms with Gasteiger partial charge in [0.2, 0.25) is 0 Å². The number of hydrogen-bond donors (Lipinski definition) is 0. The molecule has 1 aromatic heterocycles. The third-order valence-corrected chi connectivity index (χ3v) is 6.83. The van der Waals surface area contributed by atoms with E-state index in [1.807, 2.05) is 6.07 Å². The lowest BCUT2D eigenvalue weighted by Crippen LogP contribution is -2.35. The molecular weight excluding hydrogens is 398 g/mol. The van der Waals surface area contributed by atoms with E-state index >= 15 is 0 Å². The zero-order valence-electron chi connectivity index (χ0n) is 17.9. The quantitative estimate of drug-likeness (QED) is 0.420. The van der Waals surface area contributed by atoms with Crippen molar-refractivity contribution in [3.63, 3.8) is 0 Å². The first kappa shape index (κ1) is 19.3. The second kappa shape index (κ2) is 7.95. The molecule has 0 spiro atoms. The zero-order chi connectivity index (χ0) is 21.5. The van der Waals surface area contributed by atoms with Gasteiger partial charge in [0.1, 0.15) is 18.1 Å². The number of rotatable bonds is 4. The molecule has 32 heavy (non-hydrogen) atoms. The number of benzene rings is 3. The van der Waals surface area contributed by atoms with Crippen molar-refractivity contribution < 1.29 is 9.15 Å². The molecule has 1 aliphatic heterocycles. The predicted octanol–water partition coefficient (Wildman–Crippen LogP) is 5.27. The molecule has 4 nitrogen and oxygen atoms in total. The van der Waals surface area contributed by atoms with Crippen molar-refractivity contribution in [2.75, 3.05) is 13.3 Å². The summed E-state index contributed by atoms with van der Waals surface area (Å²) in [5, 5.41) is 1.07. The van der Waals surface area contributed by atoms with Gasteiger partial charge in [0, 0.05) is 30.0 Å². The van der Waals surface area contributed by atoms with Crippen LogP contribution in [0.15, 0.2) is 82.0 Å². The molecule has 0 amide bonds. The number of fused-ring (bicyclic) bond motifs is 5. The van der Waals surface area contributed by atoms with Gasteiger partial charge in [-0.05, 0) is 48.1 Å². The van der Waals surface area contributed by atoms with Gasteiger partial charge in [0.25, 0.3) is 0 Å². The lowest BCUT2D eigenvalue weighted by Gasteiger charge is -2.32. The van der Waals surface area contributed by atoms with Crippen LogP contribution >= 0.6 is 0 Å². The minimum Gasteiger partial charge on any atom is -0.478 e. The highest BCUT2D eigenvalue weighted by Gasteiger charge is 2.27. The summed E-state index contributed by atoms with van der Waals surface area (Å²) >= 11 is 0. The van der Waals surface area contributed by atoms with Crippen LogP contribution in [0.3, 0.4) is 0 Å². The number of ether oxygens (including phenoxy) is 1. The van der Waals surface area contributed by atoms with Crippen LogP contribution in [0.5, 0.6) is 5.75 Å². The maximum atomic E-state index is 12.6. The Balaban J connectivity index is 1.37. The summed E-state index contributed by atoms with van der Waals surface area (Å²) in [6.45, 7) is 2.04. The third kappa shape index (κ3) is 3.32. The minimum absolute atomic E-state index is 0.179. The lowest BCUT2D eigenvalue weighted by molar-refractivity contribution is 0.0925. The smallest absolute Gasteiger partial charge is 0.339 e. The van der Waals surface area contributed by atoms with Gasteiger partial charge < -0.3 is 9.15 Å². The molecule has 160 valence electrons. The number of aryl methyl sites for hydroxylation is 1. The summed E-state index contributed by atoms with van der Waals surface area (Å²) in [6, 6.07) is 25.3. The minimum atomic E-state index is -0.179. The molecule has 0 atom stereocenters. The van der Waals surface area contributed by atoms with Crippen LogP contribution in [-0.2, 0) is 19.4 Å². The monoisotopic (exact) mass is 423 g/mol. The van der Waals surface area contributed by atoms with E-state index in [1.54, 1.807) is 0 Å². The second-order valence-corrected chi connectivity index (χ2v) is 8.78. The van der Waals surface area contributed by atoms with Gasteiger partial charge in [-0.25, -0.2) is 4.79 Å². The molecule has 0 bridgehead atoms. The Labute approximate surface area is 187 Å². The molecule has 0 fully saturated rings. The normalized spacial score (nSPS) is 15.5. The van der Waals surface area contributed by atoms with Crippen molar-refractivity contribution in [1.82, 2.24) is 4.90 Å². The van der Waals surface area contributed by atoms with Crippen LogP contribution in [0.2, 0.25) is 0 Å². The van der Waals surface area contributed by atoms with Gasteiger partial charge in [-0.2, -0.15) is 0 Å². The third-order valence-electron chi connectivity index (χ3n) is 6.83. The Kier molecular flexibility index (Phi) is 4.80. The summed E-state index contributed by atoms with van der Waals surface area (Å²) in [4.78, 5) is 14.9. The summed E-state index contributed by atoms with van der Waals surface area (Å²) in [7, 11) is 0. The fourth-order valence-corrected chi connectivity index (χ4v) is 5.25. The van der Waals surface area contributed by atoms with E-state index in [4.69, 9.17) is 9.15 Å². The molecule has 3 aromatic carbocycles. The van der Waals surface area contributed by atoms with Crippen molar-refractivity contribution in [2.45, 2.75) is 31.7 Å². The van der Waals surface area contributed by atoms with Gasteiger partial charge in [0.05, 0.1) is 5.56 Å². The molecule has 1 aliphatic carbocycles. The average Bonchev–Trinajstić information content (AvgIpc) is 3.35. The largest absolute Gasteiger partial charge is 0.478 e. The standard InChI is InChI=1S/C28H25NO3/c30-28-23-13-7-12-21(23)22-14-15-26-25(27(22)32-28)17-29(18-31-26)16-24(19-8-3-1-4-9-19)20-10-5-2-6-11-20/h1-6,8-11,14-15,24H,7,12-13,16-18H2. The van der Waals surface area contributed by atoms with E-state index in [0.717, 1.165) is 48.1 Å². The highest BCUT2D eigenvalue weighted by atomic mass is 16.5. The molecule has 0 N–H and O–H groups in total. The molecule has 4 aromatic rings. The lowest BCUT2D eigenvalue weighted by atomic mass is 9.90. The maximum absolute atomic E-state index is 12.6. The first-order valence-electron chi connectivity index (χ1n) is 11.3. The molecule has 2 aliphatic rings. The molecule has 0 saturated carbocycles. The van der Waals surface area contributed by atoms with Crippen molar-refractivity contribution in [3.8, 4) is 5.75 Å². The van der Waals surface area contributed by atoms with Gasteiger partial charge in [0.15, 0.2) is 0 Å². The summed E-state index contributed by atoms with van der Waals surface area (Å²) in [5.41, 5.74) is 6.11. The first-order valence-corrected chi connectivity index (χ1v) is 11.3. The van der Waals surface area contributed by atoms with Crippen LogP contribution in [0.1, 0.15) is 40.2 Å². The number of hydrogen-bond acceptors (Lipinski definition) is 4. The Morgan fingerprint density at radius 3 is 2.22 bits per heavy atom. The highest BCUT2D eigenvalue weighted by Crippen LogP contribution is 2.37. The van der Waals surface area contributed by atoms with Gasteiger partial charge in [-0.3, -0.25) is 4.90 Å². The molecular formula is C28H25NO3. The van der Waals surface area contributed by atoms with Crippen LogP contribution < -0.4 is 10.4 Å². The Hall–Kier alpha value is -3.37. The van der Waals surface area contributed by atoms with Gasteiger partial charge in [-0.1, -0.05) is 60.7 Å². The molecule has 6 rings (SSSR count). The highest BCUT2D eigenvalue weighted by molar-refractivity contribution is 5.86.